The van der Waals surface area contributed by atoms with Crippen LogP contribution in [-0.2, 0) is 34.1 Å². The van der Waals surface area contributed by atoms with Gasteiger partial charge in [0.2, 0.25) is 21.8 Å². The lowest BCUT2D eigenvalue weighted by atomic mass is 10.1. The Kier molecular flexibility index (Phi) is 9.04. The number of rotatable bonds is 10. The van der Waals surface area contributed by atoms with E-state index >= 15 is 0 Å². The number of amides is 1. The van der Waals surface area contributed by atoms with Gasteiger partial charge < -0.3 is 10.1 Å². The molecule has 0 saturated heterocycles. The van der Waals surface area contributed by atoms with Crippen molar-refractivity contribution in [2.45, 2.75) is 26.2 Å². The Morgan fingerprint density at radius 2 is 1.67 bits per heavy atom. The van der Waals surface area contributed by atoms with Gasteiger partial charge in [0.15, 0.2) is 0 Å². The van der Waals surface area contributed by atoms with Gasteiger partial charge in [-0.3, -0.25) is 23.4 Å². The molecule has 0 aliphatic rings. The summed E-state index contributed by atoms with van der Waals surface area (Å²) in [5.41, 5.74) is -1.75. The zero-order chi connectivity index (χ0) is 31.4. The molecule has 226 valence electrons. The molecule has 0 aliphatic carbocycles. The van der Waals surface area contributed by atoms with Crippen molar-refractivity contribution in [1.29, 1.82) is 0 Å². The fraction of sp³-hybridized carbons (Fsp3) is 0.214. The number of pyridine rings is 1. The van der Waals surface area contributed by atoms with Gasteiger partial charge in [0.05, 0.1) is 24.3 Å². The zero-order valence-electron chi connectivity index (χ0n) is 22.8. The van der Waals surface area contributed by atoms with E-state index in [1.807, 2.05) is 0 Å². The number of nitrogens with one attached hydrogen (secondary N) is 2. The summed E-state index contributed by atoms with van der Waals surface area (Å²) in [5.74, 6) is -1.15. The number of anilines is 2. The van der Waals surface area contributed by atoms with Gasteiger partial charge in [-0.25, -0.2) is 18.2 Å². The van der Waals surface area contributed by atoms with Crippen LogP contribution in [0, 0.1) is 5.92 Å². The van der Waals surface area contributed by atoms with Gasteiger partial charge >= 0.3 is 11.9 Å². The molecular weight excluding hydrogens is 591 g/mol. The number of ether oxygens (including phenoxy) is 1. The molecule has 1 atom stereocenters. The highest BCUT2D eigenvalue weighted by Crippen LogP contribution is 2.29. The Morgan fingerprint density at radius 3 is 2.26 bits per heavy atom. The number of halogens is 3. The van der Waals surface area contributed by atoms with Crippen molar-refractivity contribution < 1.29 is 31.1 Å². The van der Waals surface area contributed by atoms with Crippen LogP contribution >= 0.6 is 0 Å². The quantitative estimate of drug-likeness (QED) is 0.274. The normalized spacial score (nSPS) is 12.4. The molecule has 0 bridgehead atoms. The summed E-state index contributed by atoms with van der Waals surface area (Å²) in [5, 5.41) is 2.98. The number of hydrogen-bond acceptors (Lipinski definition) is 8. The predicted molar refractivity (Wildman–Crippen MR) is 152 cm³/mol. The minimum absolute atomic E-state index is 0.0257. The van der Waals surface area contributed by atoms with Gasteiger partial charge in [0.25, 0.3) is 5.56 Å². The number of alkyl halides is 3. The Balaban J connectivity index is 1.67. The Hall–Kier alpha value is -4.92. The molecule has 0 unspecified atom stereocenters. The van der Waals surface area contributed by atoms with Crippen LogP contribution in [0.5, 0.6) is 11.6 Å². The lowest BCUT2D eigenvalue weighted by Gasteiger charge is -2.19. The van der Waals surface area contributed by atoms with E-state index in [-0.39, 0.29) is 12.4 Å². The molecule has 2 N–H and O–H groups in total. The molecule has 2 aromatic carbocycles. The van der Waals surface area contributed by atoms with Crippen molar-refractivity contribution >= 4 is 27.4 Å². The standard InChI is InChI=1S/C28H26F3N5O6S/c1-18(26(38)34-43(2,40)41)16-36-25(37)15-23(33-21-10-12-22(13-11-21)42-24-5-3-4-14-32-24)35(27(36)39)17-19-6-8-20(9-7-19)28(29,30)31/h3-15,18,33H,16-17H2,1-2H3,(H,34,38)/t18-/m0/s1. The molecule has 4 aromatic rings. The molecule has 2 heterocycles. The van der Waals surface area contributed by atoms with Crippen LogP contribution in [0.25, 0.3) is 0 Å². The average Bonchev–Trinajstić information content (AvgIpc) is 2.93. The largest absolute Gasteiger partial charge is 0.439 e. The van der Waals surface area contributed by atoms with Gasteiger partial charge in [0, 0.05) is 30.6 Å². The molecular formula is C28H26F3N5O6S. The molecule has 4 rings (SSSR count). The molecule has 15 heteroatoms. The number of benzene rings is 2. The summed E-state index contributed by atoms with van der Waals surface area (Å²) in [6, 6.07) is 16.9. The summed E-state index contributed by atoms with van der Waals surface area (Å²) in [4.78, 5) is 43.0. The lowest BCUT2D eigenvalue weighted by molar-refractivity contribution is -0.137. The molecule has 2 aromatic heterocycles. The van der Waals surface area contributed by atoms with Gasteiger partial charge in [-0.1, -0.05) is 25.1 Å². The van der Waals surface area contributed by atoms with E-state index in [4.69, 9.17) is 4.74 Å². The molecule has 0 spiro atoms. The fourth-order valence-corrected chi connectivity index (χ4v) is 4.51. The number of carbonyl (C=O) groups excluding carboxylic acids is 1. The van der Waals surface area contributed by atoms with Gasteiger partial charge in [-0.15, -0.1) is 0 Å². The number of sulfonamides is 1. The van der Waals surface area contributed by atoms with Crippen molar-refractivity contribution in [3.63, 3.8) is 0 Å². The second-order valence-electron chi connectivity index (χ2n) is 9.60. The third-order valence-corrected chi connectivity index (χ3v) is 6.65. The monoisotopic (exact) mass is 617 g/mol. The maximum Gasteiger partial charge on any atom is 0.416 e. The number of carbonyl (C=O) groups is 1. The van der Waals surface area contributed by atoms with Crippen molar-refractivity contribution in [2.24, 2.45) is 5.92 Å². The smallest absolute Gasteiger partial charge is 0.416 e. The molecule has 0 radical (unpaired) electrons. The van der Waals surface area contributed by atoms with E-state index in [1.165, 1.54) is 19.1 Å². The fourth-order valence-electron chi connectivity index (χ4n) is 3.94. The number of hydrogen-bond donors (Lipinski definition) is 2. The Bertz CT molecular complexity index is 1820. The van der Waals surface area contributed by atoms with Crippen molar-refractivity contribution in [3.05, 3.63) is 111 Å². The maximum absolute atomic E-state index is 13.6. The van der Waals surface area contributed by atoms with Crippen LogP contribution in [0.4, 0.5) is 24.7 Å². The van der Waals surface area contributed by atoms with E-state index < -0.39 is 51.4 Å². The Morgan fingerprint density at radius 1 is 1.00 bits per heavy atom. The first-order valence-corrected chi connectivity index (χ1v) is 14.6. The molecule has 43 heavy (non-hydrogen) atoms. The molecule has 0 aliphatic heterocycles. The van der Waals surface area contributed by atoms with E-state index in [0.717, 1.165) is 33.6 Å². The summed E-state index contributed by atoms with van der Waals surface area (Å²) in [7, 11) is -3.88. The van der Waals surface area contributed by atoms with Crippen LogP contribution in [0.15, 0.2) is 88.6 Å². The first-order chi connectivity index (χ1) is 20.2. The minimum atomic E-state index is -4.55. The van der Waals surface area contributed by atoms with Crippen molar-refractivity contribution in [3.8, 4) is 11.6 Å². The first-order valence-electron chi connectivity index (χ1n) is 12.7. The summed E-state index contributed by atoms with van der Waals surface area (Å²) >= 11 is 0. The summed E-state index contributed by atoms with van der Waals surface area (Å²) in [6.45, 7) is 0.656. The highest BCUT2D eigenvalue weighted by molar-refractivity contribution is 7.89. The SMILES string of the molecule is C[C@@H](Cn1c(=O)cc(Nc2ccc(Oc3ccccn3)cc2)n(Cc2ccc(C(F)(F)F)cc2)c1=O)C(=O)NS(C)(=O)=O. The average molecular weight is 618 g/mol. The summed E-state index contributed by atoms with van der Waals surface area (Å²) in [6.07, 6.45) is -2.19. The Labute approximate surface area is 243 Å². The second-order valence-corrected chi connectivity index (χ2v) is 11.3. The van der Waals surface area contributed by atoms with E-state index in [1.54, 1.807) is 53.4 Å². The zero-order valence-corrected chi connectivity index (χ0v) is 23.6. The number of nitrogens with zero attached hydrogens (tertiary/aromatic N) is 3. The van der Waals surface area contributed by atoms with Crippen LogP contribution in [-0.4, -0.2) is 34.7 Å². The highest BCUT2D eigenvalue weighted by atomic mass is 32.2. The van der Waals surface area contributed by atoms with Crippen LogP contribution < -0.4 is 26.0 Å². The van der Waals surface area contributed by atoms with E-state index in [0.29, 0.717) is 22.9 Å². The summed E-state index contributed by atoms with van der Waals surface area (Å²) < 4.78 is 71.5. The van der Waals surface area contributed by atoms with Crippen LogP contribution in [0.2, 0.25) is 0 Å². The van der Waals surface area contributed by atoms with Crippen LogP contribution in [0.1, 0.15) is 18.1 Å². The maximum atomic E-state index is 13.6. The van der Waals surface area contributed by atoms with E-state index in [9.17, 15) is 36.0 Å². The van der Waals surface area contributed by atoms with Gasteiger partial charge in [-0.05, 0) is 48.0 Å². The predicted octanol–water partition coefficient (Wildman–Crippen LogP) is 3.72. The topological polar surface area (TPSA) is 141 Å². The van der Waals surface area contributed by atoms with Crippen LogP contribution in [0.3, 0.4) is 0 Å². The molecule has 0 saturated carbocycles. The lowest BCUT2D eigenvalue weighted by Crippen LogP contribution is -2.44. The molecule has 1 amide bonds. The second kappa shape index (κ2) is 12.5. The van der Waals surface area contributed by atoms with Gasteiger partial charge in [-0.2, -0.15) is 13.2 Å². The van der Waals surface area contributed by atoms with E-state index in [2.05, 4.69) is 10.3 Å². The van der Waals surface area contributed by atoms with Crippen molar-refractivity contribution in [2.75, 3.05) is 11.6 Å². The highest BCUT2D eigenvalue weighted by Gasteiger charge is 2.30. The van der Waals surface area contributed by atoms with Gasteiger partial charge in [0.1, 0.15) is 11.6 Å². The molecule has 11 nitrogen and oxygen atoms in total. The van der Waals surface area contributed by atoms with Crippen molar-refractivity contribution in [1.82, 2.24) is 18.8 Å². The third kappa shape index (κ3) is 8.31. The minimum Gasteiger partial charge on any atom is -0.439 e. The third-order valence-electron chi connectivity index (χ3n) is 6.08. The molecule has 0 fully saturated rings. The number of aromatic nitrogens is 3. The first kappa shape index (κ1) is 31.0.